The minimum atomic E-state index is 0.0878. The van der Waals surface area contributed by atoms with Gasteiger partial charge in [0.25, 0.3) is 0 Å². The predicted octanol–water partition coefficient (Wildman–Crippen LogP) is 1.57. The van der Waals surface area contributed by atoms with Crippen molar-refractivity contribution < 1.29 is 14.2 Å². The Morgan fingerprint density at radius 3 is 2.70 bits per heavy atom. The van der Waals surface area contributed by atoms with E-state index in [9.17, 15) is 0 Å². The summed E-state index contributed by atoms with van der Waals surface area (Å²) >= 11 is 0. The van der Waals surface area contributed by atoms with Crippen molar-refractivity contribution in [3.8, 4) is 17.2 Å². The van der Waals surface area contributed by atoms with Crippen LogP contribution in [0.25, 0.3) is 0 Å². The highest BCUT2D eigenvalue weighted by Crippen LogP contribution is 2.46. The van der Waals surface area contributed by atoms with Gasteiger partial charge in [-0.2, -0.15) is 4.98 Å². The molecule has 0 saturated heterocycles. The van der Waals surface area contributed by atoms with Crippen molar-refractivity contribution in [2.24, 2.45) is 0 Å². The first-order chi connectivity index (χ1) is 11.0. The molecule has 0 radical (unpaired) electrons. The Balaban J connectivity index is 2.07. The van der Waals surface area contributed by atoms with E-state index in [1.807, 2.05) is 13.0 Å². The van der Waals surface area contributed by atoms with E-state index in [1.54, 1.807) is 20.4 Å². The lowest BCUT2D eigenvalue weighted by molar-refractivity contribution is 0.240. The summed E-state index contributed by atoms with van der Waals surface area (Å²) in [5, 5.41) is 0. The smallest absolute Gasteiger partial charge is 0.221 e. The second kappa shape index (κ2) is 5.83. The quantitative estimate of drug-likeness (QED) is 0.882. The number of anilines is 2. The van der Waals surface area contributed by atoms with Crippen molar-refractivity contribution in [3.05, 3.63) is 29.0 Å². The van der Waals surface area contributed by atoms with E-state index >= 15 is 0 Å². The van der Waals surface area contributed by atoms with Crippen molar-refractivity contribution in [2.45, 2.75) is 25.9 Å². The standard InChI is InChI=1S/C16H20N4O3/c1-8-4-11-9(5-10-7-19-16(18)20-15(10)17)6-12(21-2)14(22-3)13(11)23-8/h6-8H,4-5H2,1-3H3,(H4,17,18,19,20). The summed E-state index contributed by atoms with van der Waals surface area (Å²) in [7, 11) is 3.21. The third-order valence-corrected chi connectivity index (χ3v) is 3.93. The highest BCUT2D eigenvalue weighted by atomic mass is 16.5. The highest BCUT2D eigenvalue weighted by Gasteiger charge is 2.29. The molecule has 0 fully saturated rings. The zero-order valence-electron chi connectivity index (χ0n) is 13.4. The predicted molar refractivity (Wildman–Crippen MR) is 87.0 cm³/mol. The molecule has 1 aliphatic rings. The first-order valence-corrected chi connectivity index (χ1v) is 7.33. The van der Waals surface area contributed by atoms with Crippen LogP contribution in [-0.4, -0.2) is 30.3 Å². The summed E-state index contributed by atoms with van der Waals surface area (Å²) in [6.07, 6.45) is 3.12. The molecule has 1 atom stereocenters. The lowest BCUT2D eigenvalue weighted by Crippen LogP contribution is -2.06. The molecule has 0 bridgehead atoms. The van der Waals surface area contributed by atoms with Crippen LogP contribution in [0.1, 0.15) is 23.6 Å². The monoisotopic (exact) mass is 316 g/mol. The van der Waals surface area contributed by atoms with Crippen LogP contribution in [0.3, 0.4) is 0 Å². The molecule has 3 rings (SSSR count). The van der Waals surface area contributed by atoms with Gasteiger partial charge in [0.05, 0.1) is 14.2 Å². The number of nitrogens with two attached hydrogens (primary N) is 2. The molecular weight excluding hydrogens is 296 g/mol. The minimum Gasteiger partial charge on any atom is -0.493 e. The van der Waals surface area contributed by atoms with Crippen molar-refractivity contribution in [3.63, 3.8) is 0 Å². The Kier molecular flexibility index (Phi) is 3.85. The fraction of sp³-hybridized carbons (Fsp3) is 0.375. The van der Waals surface area contributed by atoms with Gasteiger partial charge in [0.2, 0.25) is 11.7 Å². The van der Waals surface area contributed by atoms with Gasteiger partial charge in [0, 0.05) is 30.2 Å². The van der Waals surface area contributed by atoms with E-state index in [0.29, 0.717) is 23.7 Å². The Labute approximate surface area is 134 Å². The molecular formula is C16H20N4O3. The zero-order valence-corrected chi connectivity index (χ0v) is 13.4. The first-order valence-electron chi connectivity index (χ1n) is 7.33. The van der Waals surface area contributed by atoms with E-state index < -0.39 is 0 Å². The van der Waals surface area contributed by atoms with Crippen molar-refractivity contribution in [1.82, 2.24) is 9.97 Å². The van der Waals surface area contributed by atoms with Gasteiger partial charge in [-0.3, -0.25) is 0 Å². The van der Waals surface area contributed by atoms with Crippen LogP contribution in [0.15, 0.2) is 12.3 Å². The average Bonchev–Trinajstić information content (AvgIpc) is 2.91. The summed E-state index contributed by atoms with van der Waals surface area (Å²) in [6, 6.07) is 1.95. The van der Waals surface area contributed by atoms with E-state index in [4.69, 9.17) is 25.7 Å². The normalized spacial score (nSPS) is 15.9. The van der Waals surface area contributed by atoms with Gasteiger partial charge in [0.1, 0.15) is 11.9 Å². The van der Waals surface area contributed by atoms with E-state index in [-0.39, 0.29) is 12.1 Å². The average molecular weight is 316 g/mol. The molecule has 0 aliphatic carbocycles. The summed E-state index contributed by atoms with van der Waals surface area (Å²) < 4.78 is 16.8. The number of methoxy groups -OCH3 is 2. The molecule has 122 valence electrons. The zero-order chi connectivity index (χ0) is 16.6. The van der Waals surface area contributed by atoms with Gasteiger partial charge in [-0.15, -0.1) is 0 Å². The topological polar surface area (TPSA) is 106 Å². The molecule has 0 spiro atoms. The minimum absolute atomic E-state index is 0.0878. The molecule has 1 aromatic carbocycles. The number of hydrogen-bond donors (Lipinski definition) is 2. The Morgan fingerprint density at radius 2 is 2.04 bits per heavy atom. The van der Waals surface area contributed by atoms with E-state index in [1.165, 1.54) is 0 Å². The summed E-state index contributed by atoms with van der Waals surface area (Å²) in [6.45, 7) is 2.02. The lowest BCUT2D eigenvalue weighted by atomic mass is 9.97. The largest absolute Gasteiger partial charge is 0.493 e. The van der Waals surface area contributed by atoms with Gasteiger partial charge in [-0.05, 0) is 18.6 Å². The van der Waals surface area contributed by atoms with Crippen molar-refractivity contribution in [1.29, 1.82) is 0 Å². The summed E-state index contributed by atoms with van der Waals surface area (Å²) in [5.74, 6) is 2.54. The van der Waals surface area contributed by atoms with Crippen LogP contribution in [0.5, 0.6) is 17.2 Å². The van der Waals surface area contributed by atoms with Crippen LogP contribution in [0.4, 0.5) is 11.8 Å². The highest BCUT2D eigenvalue weighted by molar-refractivity contribution is 5.62. The number of fused-ring (bicyclic) bond motifs is 1. The maximum absolute atomic E-state index is 5.95. The number of nitrogen functional groups attached to an aromatic ring is 2. The van der Waals surface area contributed by atoms with Crippen LogP contribution in [0.2, 0.25) is 0 Å². The number of aromatic nitrogens is 2. The molecule has 4 N–H and O–H groups in total. The van der Waals surface area contributed by atoms with Gasteiger partial charge in [0.15, 0.2) is 11.5 Å². The number of rotatable bonds is 4. The van der Waals surface area contributed by atoms with Crippen LogP contribution < -0.4 is 25.7 Å². The molecule has 1 aliphatic heterocycles. The maximum atomic E-state index is 5.95. The van der Waals surface area contributed by atoms with Crippen LogP contribution in [0, 0.1) is 0 Å². The first kappa shape index (κ1) is 15.2. The van der Waals surface area contributed by atoms with Crippen LogP contribution >= 0.6 is 0 Å². The third-order valence-electron chi connectivity index (χ3n) is 3.93. The van der Waals surface area contributed by atoms with E-state index in [2.05, 4.69) is 9.97 Å². The number of benzene rings is 1. The van der Waals surface area contributed by atoms with E-state index in [0.717, 1.165) is 28.9 Å². The van der Waals surface area contributed by atoms with Gasteiger partial charge in [-0.1, -0.05) is 0 Å². The van der Waals surface area contributed by atoms with Gasteiger partial charge >= 0.3 is 0 Å². The molecule has 2 heterocycles. The Bertz CT molecular complexity index is 749. The number of ether oxygens (including phenoxy) is 3. The Hall–Kier alpha value is -2.70. The molecule has 7 heteroatoms. The lowest BCUT2D eigenvalue weighted by Gasteiger charge is -2.15. The molecule has 2 aromatic rings. The molecule has 1 unspecified atom stereocenters. The molecule has 0 amide bonds. The SMILES string of the molecule is COc1cc(Cc2cnc(N)nc2N)c2c(c1OC)OC(C)C2. The van der Waals surface area contributed by atoms with Crippen molar-refractivity contribution >= 4 is 11.8 Å². The fourth-order valence-electron chi connectivity index (χ4n) is 2.86. The summed E-state index contributed by atoms with van der Waals surface area (Å²) in [5.41, 5.74) is 14.5. The third kappa shape index (κ3) is 2.69. The van der Waals surface area contributed by atoms with Crippen LogP contribution in [-0.2, 0) is 12.8 Å². The number of hydrogen-bond acceptors (Lipinski definition) is 7. The number of nitrogens with zero attached hydrogens (tertiary/aromatic N) is 2. The maximum Gasteiger partial charge on any atom is 0.221 e. The molecule has 23 heavy (non-hydrogen) atoms. The van der Waals surface area contributed by atoms with Gasteiger partial charge < -0.3 is 25.7 Å². The van der Waals surface area contributed by atoms with Gasteiger partial charge in [-0.25, -0.2) is 4.98 Å². The second-order valence-corrected chi connectivity index (χ2v) is 5.53. The summed E-state index contributed by atoms with van der Waals surface area (Å²) in [4.78, 5) is 8.03. The molecule has 0 saturated carbocycles. The second-order valence-electron chi connectivity index (χ2n) is 5.53. The molecule has 7 nitrogen and oxygen atoms in total. The van der Waals surface area contributed by atoms with Crippen molar-refractivity contribution in [2.75, 3.05) is 25.7 Å². The molecule has 1 aromatic heterocycles. The Morgan fingerprint density at radius 1 is 1.26 bits per heavy atom. The fourth-order valence-corrected chi connectivity index (χ4v) is 2.86.